The molecule has 1 heterocycles. The number of carbonyl (C=O) groups excluding carboxylic acids is 1. The third-order valence-electron chi connectivity index (χ3n) is 1.98. The molecule has 2 aromatic rings. The maximum atomic E-state index is 11.6. The summed E-state index contributed by atoms with van der Waals surface area (Å²) in [6.45, 7) is 0. The van der Waals surface area contributed by atoms with Crippen LogP contribution in [-0.2, 0) is 0 Å². The van der Waals surface area contributed by atoms with Crippen LogP contribution in [0.1, 0.15) is 10.6 Å². The van der Waals surface area contributed by atoms with E-state index in [9.17, 15) is 9.59 Å². The third kappa shape index (κ3) is 1.65. The summed E-state index contributed by atoms with van der Waals surface area (Å²) < 4.78 is 5.14. The first-order valence-electron chi connectivity index (χ1n) is 4.34. The molecule has 0 bridgehead atoms. The highest BCUT2D eigenvalue weighted by Crippen LogP contribution is 2.12. The van der Waals surface area contributed by atoms with Gasteiger partial charge in [0.25, 0.3) is 5.91 Å². The molecule has 0 aliphatic heterocycles. The molecule has 0 fully saturated rings. The first kappa shape index (κ1) is 9.95. The van der Waals surface area contributed by atoms with E-state index < -0.39 is 5.91 Å². The Balaban J connectivity index is 2.71. The lowest BCUT2D eigenvalue weighted by Crippen LogP contribution is -2.04. The molecule has 0 unspecified atom stereocenters. The summed E-state index contributed by atoms with van der Waals surface area (Å²) in [4.78, 5) is 25.1. The number of amides is 1. The van der Waals surface area contributed by atoms with Crippen molar-refractivity contribution in [2.24, 2.45) is 5.11 Å². The fourth-order valence-electron chi connectivity index (χ4n) is 1.30. The Kier molecular flexibility index (Phi) is 2.41. The van der Waals surface area contributed by atoms with Crippen LogP contribution in [0.4, 0.5) is 0 Å². The highest BCUT2D eigenvalue weighted by molar-refractivity contribution is 5.93. The lowest BCUT2D eigenvalue weighted by Gasteiger charge is -1.97. The first-order valence-corrected chi connectivity index (χ1v) is 4.34. The summed E-state index contributed by atoms with van der Waals surface area (Å²) in [6.07, 6.45) is 0. The second-order valence-electron chi connectivity index (χ2n) is 2.97. The van der Waals surface area contributed by atoms with E-state index in [0.29, 0.717) is 5.39 Å². The van der Waals surface area contributed by atoms with Crippen LogP contribution in [0, 0.1) is 0 Å². The number of nitrogens with zero attached hydrogens (tertiary/aromatic N) is 3. The minimum absolute atomic E-state index is 0.262. The van der Waals surface area contributed by atoms with Crippen molar-refractivity contribution in [1.82, 2.24) is 0 Å². The zero-order chi connectivity index (χ0) is 11.5. The van der Waals surface area contributed by atoms with Gasteiger partial charge in [-0.05, 0) is 22.8 Å². The fraction of sp³-hybridized carbons (Fsp3) is 0. The minimum Gasteiger partial charge on any atom is -0.452 e. The van der Waals surface area contributed by atoms with Crippen molar-refractivity contribution in [3.63, 3.8) is 0 Å². The van der Waals surface area contributed by atoms with Crippen LogP contribution in [-0.4, -0.2) is 5.91 Å². The van der Waals surface area contributed by atoms with E-state index in [4.69, 9.17) is 9.95 Å². The Labute approximate surface area is 88.7 Å². The second-order valence-corrected chi connectivity index (χ2v) is 2.97. The van der Waals surface area contributed by atoms with Gasteiger partial charge in [-0.2, -0.15) is 0 Å². The SMILES string of the molecule is [N-]=[N+]=NC(=O)c1cc(=O)c2ccccc2o1. The van der Waals surface area contributed by atoms with Crippen LogP contribution in [0.25, 0.3) is 21.4 Å². The van der Waals surface area contributed by atoms with E-state index in [-0.39, 0.29) is 16.8 Å². The van der Waals surface area contributed by atoms with Crippen LogP contribution in [0.5, 0.6) is 0 Å². The topological polar surface area (TPSA) is 96.0 Å². The van der Waals surface area contributed by atoms with Gasteiger partial charge < -0.3 is 4.42 Å². The molecule has 16 heavy (non-hydrogen) atoms. The Morgan fingerprint density at radius 3 is 2.88 bits per heavy atom. The molecule has 0 spiro atoms. The summed E-state index contributed by atoms with van der Waals surface area (Å²) in [5, 5.41) is 3.23. The predicted molar refractivity (Wildman–Crippen MR) is 56.0 cm³/mol. The Hall–Kier alpha value is -2.59. The maximum Gasteiger partial charge on any atom is 0.284 e. The molecule has 0 N–H and O–H groups in total. The van der Waals surface area contributed by atoms with Crippen LogP contribution in [0.3, 0.4) is 0 Å². The number of carbonyl (C=O) groups is 1. The summed E-state index contributed by atoms with van der Waals surface area (Å²) in [7, 11) is 0. The number of azide groups is 1. The lowest BCUT2D eigenvalue weighted by atomic mass is 10.2. The number of fused-ring (bicyclic) bond motifs is 1. The van der Waals surface area contributed by atoms with Gasteiger partial charge in [-0.1, -0.05) is 12.1 Å². The van der Waals surface area contributed by atoms with Crippen molar-refractivity contribution < 1.29 is 9.21 Å². The fourth-order valence-corrected chi connectivity index (χ4v) is 1.30. The number of hydrogen-bond acceptors (Lipinski definition) is 3. The molecule has 1 amide bonds. The van der Waals surface area contributed by atoms with Crippen molar-refractivity contribution >= 4 is 16.9 Å². The van der Waals surface area contributed by atoms with Gasteiger partial charge in [0.1, 0.15) is 5.58 Å². The van der Waals surface area contributed by atoms with Gasteiger partial charge in [0, 0.05) is 11.0 Å². The van der Waals surface area contributed by atoms with Gasteiger partial charge in [0.05, 0.1) is 5.39 Å². The molecular weight excluding hydrogens is 210 g/mol. The average Bonchev–Trinajstić information content (AvgIpc) is 2.29. The summed E-state index contributed by atoms with van der Waals surface area (Å²) in [5.74, 6) is -1.17. The highest BCUT2D eigenvalue weighted by Gasteiger charge is 2.09. The van der Waals surface area contributed by atoms with E-state index >= 15 is 0 Å². The van der Waals surface area contributed by atoms with Crippen molar-refractivity contribution in [3.8, 4) is 0 Å². The van der Waals surface area contributed by atoms with Crippen molar-refractivity contribution in [2.45, 2.75) is 0 Å². The van der Waals surface area contributed by atoms with E-state index in [2.05, 4.69) is 10.0 Å². The van der Waals surface area contributed by atoms with Gasteiger partial charge in [0.15, 0.2) is 11.2 Å². The molecular formula is C10H5N3O3. The summed E-state index contributed by atoms with van der Waals surface area (Å²) >= 11 is 0. The standard InChI is InChI=1S/C10H5N3O3/c11-13-12-10(15)9-5-7(14)6-3-1-2-4-8(6)16-9/h1-5H. The molecule has 1 aromatic heterocycles. The number of benzene rings is 1. The van der Waals surface area contributed by atoms with Gasteiger partial charge >= 0.3 is 0 Å². The van der Waals surface area contributed by atoms with Crippen molar-refractivity contribution in [3.05, 3.63) is 56.8 Å². The zero-order valence-corrected chi connectivity index (χ0v) is 7.95. The molecule has 0 aliphatic carbocycles. The predicted octanol–water partition coefficient (Wildman–Crippen LogP) is 2.24. The molecule has 0 saturated heterocycles. The third-order valence-corrected chi connectivity index (χ3v) is 1.98. The van der Waals surface area contributed by atoms with E-state index in [1.54, 1.807) is 24.3 Å². The molecule has 1 aromatic carbocycles. The molecule has 6 heteroatoms. The Bertz CT molecular complexity index is 668. The minimum atomic E-state index is -0.912. The van der Waals surface area contributed by atoms with Gasteiger partial charge in [-0.3, -0.25) is 9.59 Å². The van der Waals surface area contributed by atoms with Crippen LogP contribution in [0.15, 0.2) is 44.7 Å². The van der Waals surface area contributed by atoms with Crippen LogP contribution >= 0.6 is 0 Å². The number of rotatable bonds is 1. The largest absolute Gasteiger partial charge is 0.452 e. The van der Waals surface area contributed by atoms with Crippen molar-refractivity contribution in [2.75, 3.05) is 0 Å². The summed E-state index contributed by atoms with van der Waals surface area (Å²) in [6, 6.07) is 7.52. The zero-order valence-electron chi connectivity index (χ0n) is 7.95. The second kappa shape index (κ2) is 3.88. The average molecular weight is 215 g/mol. The molecule has 0 atom stereocenters. The van der Waals surface area contributed by atoms with E-state index in [1.807, 2.05) is 0 Å². The van der Waals surface area contributed by atoms with Crippen LogP contribution in [0.2, 0.25) is 0 Å². The summed E-state index contributed by atoms with van der Waals surface area (Å²) in [5.41, 5.74) is 8.03. The van der Waals surface area contributed by atoms with E-state index in [1.165, 1.54) is 0 Å². The van der Waals surface area contributed by atoms with Crippen LogP contribution < -0.4 is 5.43 Å². The van der Waals surface area contributed by atoms with Gasteiger partial charge in [-0.25, -0.2) is 0 Å². The first-order chi connectivity index (χ1) is 7.72. The smallest absolute Gasteiger partial charge is 0.284 e. The Morgan fingerprint density at radius 2 is 2.12 bits per heavy atom. The highest BCUT2D eigenvalue weighted by atomic mass is 16.3. The molecule has 2 rings (SSSR count). The molecule has 78 valence electrons. The van der Waals surface area contributed by atoms with Gasteiger partial charge in [0.2, 0.25) is 0 Å². The quantitative estimate of drug-likeness (QED) is 0.414. The lowest BCUT2D eigenvalue weighted by molar-refractivity contribution is 0.0974. The van der Waals surface area contributed by atoms with E-state index in [0.717, 1.165) is 6.07 Å². The molecule has 0 saturated carbocycles. The molecule has 0 aliphatic rings. The molecule has 6 nitrogen and oxygen atoms in total. The maximum absolute atomic E-state index is 11.6. The van der Waals surface area contributed by atoms with Crippen molar-refractivity contribution in [1.29, 1.82) is 0 Å². The normalized spacial score (nSPS) is 9.75. The van der Waals surface area contributed by atoms with Gasteiger partial charge in [-0.15, -0.1) is 0 Å². The number of hydrogen-bond donors (Lipinski definition) is 0. The molecule has 0 radical (unpaired) electrons. The monoisotopic (exact) mass is 215 g/mol. The Morgan fingerprint density at radius 1 is 1.38 bits per heavy atom. The number of para-hydroxylation sites is 1.